The summed E-state index contributed by atoms with van der Waals surface area (Å²) in [5, 5.41) is 9.09. The first kappa shape index (κ1) is 12.9. The maximum absolute atomic E-state index is 12.8. The largest absolute Gasteiger partial charge is 0.456 e. The van der Waals surface area contributed by atoms with E-state index in [1.54, 1.807) is 0 Å². The van der Waals surface area contributed by atoms with E-state index in [1.165, 1.54) is 25.1 Å². The second kappa shape index (κ2) is 4.01. The highest BCUT2D eigenvalue weighted by molar-refractivity contribution is 5.29. The fourth-order valence-corrected chi connectivity index (χ4v) is 1.24. The lowest BCUT2D eigenvalue weighted by Gasteiger charge is -2.25. The quantitative estimate of drug-likeness (QED) is 0.787. The molecule has 0 aromatic heterocycles. The van der Waals surface area contributed by atoms with Crippen molar-refractivity contribution < 1.29 is 27.1 Å². The summed E-state index contributed by atoms with van der Waals surface area (Å²) in [6.07, 6.45) is -8.65. The van der Waals surface area contributed by atoms with Gasteiger partial charge in [-0.05, 0) is 18.1 Å². The molecule has 0 heterocycles. The minimum atomic E-state index is -5.77. The molecule has 0 fully saturated rings. The number of hydrogen-bond acceptors (Lipinski definition) is 1. The second-order valence-electron chi connectivity index (χ2n) is 3.38. The van der Waals surface area contributed by atoms with Crippen molar-refractivity contribution in [2.24, 2.45) is 0 Å². The number of aliphatic hydroxyl groups is 1. The van der Waals surface area contributed by atoms with Crippen molar-refractivity contribution in [3.05, 3.63) is 35.4 Å². The zero-order valence-corrected chi connectivity index (χ0v) is 8.22. The summed E-state index contributed by atoms with van der Waals surface area (Å²) in [6, 6.07) is 5.17. The fraction of sp³-hybridized carbons (Fsp3) is 0.400. The molecule has 16 heavy (non-hydrogen) atoms. The van der Waals surface area contributed by atoms with Gasteiger partial charge in [0.05, 0.1) is 0 Å². The van der Waals surface area contributed by atoms with Crippen LogP contribution in [0.1, 0.15) is 17.2 Å². The minimum absolute atomic E-state index is 0.180. The van der Waals surface area contributed by atoms with E-state index in [9.17, 15) is 22.0 Å². The molecule has 0 radical (unpaired) electrons. The predicted octanol–water partition coefficient (Wildman–Crippen LogP) is 3.23. The Hall–Kier alpha value is -1.17. The molecule has 1 rings (SSSR count). The van der Waals surface area contributed by atoms with Crippen molar-refractivity contribution in [2.45, 2.75) is 25.1 Å². The van der Waals surface area contributed by atoms with Crippen LogP contribution in [0.3, 0.4) is 0 Å². The lowest BCUT2D eigenvalue weighted by atomic mass is 9.98. The summed E-state index contributed by atoms with van der Waals surface area (Å²) < 4.78 is 61.6. The lowest BCUT2D eigenvalue weighted by Crippen LogP contribution is -2.42. The van der Waals surface area contributed by atoms with E-state index >= 15 is 0 Å². The number of hydrogen-bond donors (Lipinski definition) is 1. The topological polar surface area (TPSA) is 20.2 Å². The summed E-state index contributed by atoms with van der Waals surface area (Å²) in [5.74, 6) is -5.15. The van der Waals surface area contributed by atoms with Gasteiger partial charge in [0.15, 0.2) is 6.10 Å². The van der Waals surface area contributed by atoms with Crippen molar-refractivity contribution >= 4 is 0 Å². The molecule has 1 aromatic carbocycles. The third-order valence-electron chi connectivity index (χ3n) is 2.20. The first-order chi connectivity index (χ1) is 7.18. The molecule has 0 aliphatic carbocycles. The first-order valence-corrected chi connectivity index (χ1v) is 4.36. The molecule has 0 spiro atoms. The van der Waals surface area contributed by atoms with Crippen molar-refractivity contribution in [2.75, 3.05) is 0 Å². The van der Waals surface area contributed by atoms with Crippen molar-refractivity contribution in [3.8, 4) is 0 Å². The van der Waals surface area contributed by atoms with Gasteiger partial charge in [-0.1, -0.05) is 24.3 Å². The lowest BCUT2D eigenvalue weighted by molar-refractivity contribution is -0.315. The molecular weight excluding hydrogens is 231 g/mol. The Balaban J connectivity index is 3.12. The summed E-state index contributed by atoms with van der Waals surface area (Å²) in [7, 11) is 0. The van der Waals surface area contributed by atoms with E-state index in [-0.39, 0.29) is 5.56 Å². The summed E-state index contributed by atoms with van der Waals surface area (Å²) in [5.41, 5.74) is -0.247. The van der Waals surface area contributed by atoms with Crippen LogP contribution in [0.5, 0.6) is 0 Å². The van der Waals surface area contributed by atoms with Crippen LogP contribution < -0.4 is 0 Å². The molecule has 0 aliphatic rings. The average Bonchev–Trinajstić information content (AvgIpc) is 2.15. The van der Waals surface area contributed by atoms with Crippen molar-refractivity contribution in [1.82, 2.24) is 0 Å². The van der Waals surface area contributed by atoms with Crippen LogP contribution in [-0.4, -0.2) is 17.2 Å². The summed E-state index contributed by atoms with van der Waals surface area (Å²) >= 11 is 0. The van der Waals surface area contributed by atoms with E-state index in [0.29, 0.717) is 0 Å². The van der Waals surface area contributed by atoms with Gasteiger partial charge < -0.3 is 5.11 Å². The third-order valence-corrected chi connectivity index (χ3v) is 2.20. The van der Waals surface area contributed by atoms with Crippen LogP contribution in [-0.2, 0) is 0 Å². The number of aryl methyl sites for hydroxylation is 1. The van der Waals surface area contributed by atoms with Crippen LogP contribution >= 0.6 is 0 Å². The maximum atomic E-state index is 12.8. The van der Waals surface area contributed by atoms with E-state index in [2.05, 4.69) is 0 Å². The van der Waals surface area contributed by atoms with Crippen molar-refractivity contribution in [3.63, 3.8) is 0 Å². The van der Waals surface area contributed by atoms with Gasteiger partial charge in [-0.15, -0.1) is 0 Å². The molecule has 0 bridgehead atoms. The Morgan fingerprint density at radius 2 is 1.56 bits per heavy atom. The standard InChI is InChI=1S/C10H9F5O/c1-6-4-2-3-5-7(6)8(16)9(11,12)10(13,14)15/h2-5,8,16H,1H3/t8-/m1/s1. The van der Waals surface area contributed by atoms with Gasteiger partial charge in [-0.3, -0.25) is 0 Å². The average molecular weight is 240 g/mol. The molecule has 1 atom stereocenters. The zero-order chi connectivity index (χ0) is 12.6. The van der Waals surface area contributed by atoms with E-state index < -0.39 is 23.8 Å². The first-order valence-electron chi connectivity index (χ1n) is 4.36. The Bertz CT molecular complexity index is 372. The van der Waals surface area contributed by atoms with E-state index in [4.69, 9.17) is 5.11 Å². The summed E-state index contributed by atoms with van der Waals surface area (Å²) in [4.78, 5) is 0. The predicted molar refractivity (Wildman–Crippen MR) is 47.1 cm³/mol. The van der Waals surface area contributed by atoms with Crippen LogP contribution in [0.2, 0.25) is 0 Å². The van der Waals surface area contributed by atoms with Crippen LogP contribution in [0.25, 0.3) is 0 Å². The molecule has 1 nitrogen and oxygen atoms in total. The molecule has 0 saturated carbocycles. The monoisotopic (exact) mass is 240 g/mol. The Morgan fingerprint density at radius 1 is 1.06 bits per heavy atom. The number of rotatable bonds is 2. The van der Waals surface area contributed by atoms with Crippen molar-refractivity contribution in [1.29, 1.82) is 0 Å². The SMILES string of the molecule is Cc1ccccc1[C@@H](O)C(F)(F)C(F)(F)F. The number of benzene rings is 1. The normalized spacial score (nSPS) is 14.9. The highest BCUT2D eigenvalue weighted by Crippen LogP contribution is 2.44. The molecule has 0 aliphatic heterocycles. The second-order valence-corrected chi connectivity index (χ2v) is 3.38. The molecule has 90 valence electrons. The van der Waals surface area contributed by atoms with E-state index in [0.717, 1.165) is 6.07 Å². The van der Waals surface area contributed by atoms with Crippen LogP contribution in [0, 0.1) is 6.92 Å². The Morgan fingerprint density at radius 3 is 2.00 bits per heavy atom. The minimum Gasteiger partial charge on any atom is -0.382 e. The van der Waals surface area contributed by atoms with Crippen LogP contribution in [0.15, 0.2) is 24.3 Å². The van der Waals surface area contributed by atoms with Crippen LogP contribution in [0.4, 0.5) is 22.0 Å². The Labute approximate surface area is 88.5 Å². The fourth-order valence-electron chi connectivity index (χ4n) is 1.24. The third kappa shape index (κ3) is 2.16. The van der Waals surface area contributed by atoms with Gasteiger partial charge in [0.2, 0.25) is 0 Å². The van der Waals surface area contributed by atoms with Gasteiger partial charge in [0, 0.05) is 0 Å². The van der Waals surface area contributed by atoms with Gasteiger partial charge >= 0.3 is 12.1 Å². The van der Waals surface area contributed by atoms with Gasteiger partial charge in [0.25, 0.3) is 0 Å². The molecule has 0 unspecified atom stereocenters. The van der Waals surface area contributed by atoms with Gasteiger partial charge in [0.1, 0.15) is 0 Å². The maximum Gasteiger partial charge on any atom is 0.456 e. The van der Waals surface area contributed by atoms with Gasteiger partial charge in [-0.25, -0.2) is 0 Å². The molecule has 1 N–H and O–H groups in total. The highest BCUT2D eigenvalue weighted by Gasteiger charge is 2.62. The number of alkyl halides is 5. The highest BCUT2D eigenvalue weighted by atomic mass is 19.4. The molecular formula is C10H9F5O. The molecule has 1 aromatic rings. The smallest absolute Gasteiger partial charge is 0.382 e. The van der Waals surface area contributed by atoms with Gasteiger partial charge in [-0.2, -0.15) is 22.0 Å². The molecule has 0 saturated heterocycles. The number of halogens is 5. The molecule has 6 heteroatoms. The van der Waals surface area contributed by atoms with E-state index in [1.807, 2.05) is 0 Å². The zero-order valence-electron chi connectivity index (χ0n) is 8.22. The molecule has 0 amide bonds. The Kier molecular flexibility index (Phi) is 3.23. The summed E-state index contributed by atoms with van der Waals surface area (Å²) in [6.45, 7) is 1.35. The number of aliphatic hydroxyl groups excluding tert-OH is 1.